The van der Waals surface area contributed by atoms with E-state index in [0.29, 0.717) is 15.6 Å². The van der Waals surface area contributed by atoms with E-state index in [4.69, 9.17) is 39.5 Å². The molecule has 0 aliphatic carbocycles. The average Bonchev–Trinajstić information content (AvgIpc) is 3.34. The average molecular weight is 932 g/mol. The van der Waals surface area contributed by atoms with Gasteiger partial charge in [0.1, 0.15) is 17.2 Å². The van der Waals surface area contributed by atoms with Gasteiger partial charge >= 0.3 is 0 Å². The van der Waals surface area contributed by atoms with Crippen LogP contribution < -0.4 is 4.74 Å². The van der Waals surface area contributed by atoms with Gasteiger partial charge in [-0.25, -0.2) is 0 Å². The first-order chi connectivity index (χ1) is 32.0. The lowest BCUT2D eigenvalue weighted by Gasteiger charge is -2.01. The largest absolute Gasteiger partial charge is 0.507 e. The number of aromatic hydroxyl groups is 2. The Hall–Kier alpha value is -7.29. The Morgan fingerprint density at radius 2 is 0.879 bits per heavy atom. The van der Waals surface area contributed by atoms with E-state index in [-0.39, 0.29) is 11.5 Å². The number of phenolic OH excluding ortho intramolecular Hbond substituents is 2. The maximum Gasteiger partial charge on any atom is 0.124 e. The molecular formula is C56H49Cl3N4O3. The molecular weight excluding hydrogens is 883 g/mol. The van der Waals surface area contributed by atoms with Crippen LogP contribution in [-0.2, 0) is 0 Å². The van der Waals surface area contributed by atoms with Crippen molar-refractivity contribution in [2.45, 2.75) is 20.8 Å². The van der Waals surface area contributed by atoms with Crippen molar-refractivity contribution in [2.24, 2.45) is 20.0 Å². The fraction of sp³-hybridized carbons (Fsp3) is 0.0714. The van der Waals surface area contributed by atoms with Gasteiger partial charge in [-0.2, -0.15) is 0 Å². The van der Waals surface area contributed by atoms with Crippen molar-refractivity contribution in [2.75, 3.05) is 7.11 Å². The molecule has 0 aliphatic rings. The zero-order valence-corrected chi connectivity index (χ0v) is 39.2. The number of nitrogens with zero attached hydrogens (tertiary/aromatic N) is 4. The Labute approximate surface area is 402 Å². The molecule has 8 aromatic rings. The number of halogens is 3. The topological polar surface area (TPSA) is 99.1 Å². The summed E-state index contributed by atoms with van der Waals surface area (Å²) >= 11 is 17.7. The number of rotatable bonds is 9. The summed E-state index contributed by atoms with van der Waals surface area (Å²) in [7, 11) is 1.64. The maximum atomic E-state index is 9.60. The highest BCUT2D eigenvalue weighted by Crippen LogP contribution is 2.25. The predicted octanol–water partition coefficient (Wildman–Crippen LogP) is 16.1. The number of hydrogen-bond donors (Lipinski definition) is 2. The summed E-state index contributed by atoms with van der Waals surface area (Å²) in [4.78, 5) is 17.4. The van der Waals surface area contributed by atoms with E-state index in [1.807, 2.05) is 165 Å². The second-order valence-electron chi connectivity index (χ2n) is 14.5. The van der Waals surface area contributed by atoms with E-state index in [0.717, 1.165) is 55.8 Å². The number of ether oxygens (including phenoxy) is 1. The van der Waals surface area contributed by atoms with Crippen molar-refractivity contribution in [3.63, 3.8) is 0 Å². The Kier molecular flexibility index (Phi) is 20.0. The molecule has 0 unspecified atom stereocenters. The second kappa shape index (κ2) is 26.5. The Morgan fingerprint density at radius 3 is 1.47 bits per heavy atom. The van der Waals surface area contributed by atoms with Gasteiger partial charge in [0.15, 0.2) is 0 Å². The summed E-state index contributed by atoms with van der Waals surface area (Å²) in [6.07, 6.45) is 6.90. The zero-order valence-electron chi connectivity index (χ0n) is 36.9. The first-order valence-corrected chi connectivity index (χ1v) is 21.9. The predicted molar refractivity (Wildman–Crippen MR) is 280 cm³/mol. The summed E-state index contributed by atoms with van der Waals surface area (Å²) in [5, 5.41) is 21.3. The second-order valence-corrected chi connectivity index (χ2v) is 15.7. The third-order valence-corrected chi connectivity index (χ3v) is 10.4. The van der Waals surface area contributed by atoms with Crippen LogP contribution >= 0.6 is 34.8 Å². The molecule has 7 nitrogen and oxygen atoms in total. The molecule has 66 heavy (non-hydrogen) atoms. The molecule has 332 valence electrons. The molecule has 0 saturated carbocycles. The summed E-state index contributed by atoms with van der Waals surface area (Å²) < 4.78 is 5.08. The standard InChI is InChI=1S/C15H15NO.2C14H12ClNO.C13H10ClN/c1-11-7-8-14(9-12(11)2)16-10-13-5-3-4-6-15(13)17;1-17-13-8-6-12(7-9-13)16-10-11-4-2-3-5-14(11)15;1-10-6-7-12(15)8-13(10)16-9-11-4-2-3-5-14(11)17;14-12-6-8-13(9-7-12)15-10-11-4-2-1-3-5-11/h3-10,17H,1-2H3;2-10H,1H3;2-9,17H,1H3;1-10H. The van der Waals surface area contributed by atoms with Crippen LogP contribution in [0.1, 0.15) is 38.9 Å². The van der Waals surface area contributed by atoms with E-state index < -0.39 is 0 Å². The molecule has 8 rings (SSSR count). The Morgan fingerprint density at radius 1 is 0.409 bits per heavy atom. The molecule has 0 bridgehead atoms. The van der Waals surface area contributed by atoms with Crippen LogP contribution in [0.15, 0.2) is 208 Å². The quantitative estimate of drug-likeness (QED) is 0.141. The maximum absolute atomic E-state index is 9.60. The molecule has 2 N–H and O–H groups in total. The van der Waals surface area contributed by atoms with E-state index in [2.05, 4.69) is 33.8 Å². The van der Waals surface area contributed by atoms with Gasteiger partial charge in [-0.15, -0.1) is 0 Å². The van der Waals surface area contributed by atoms with Crippen LogP contribution in [-0.4, -0.2) is 42.2 Å². The highest BCUT2D eigenvalue weighted by Gasteiger charge is 2.00. The van der Waals surface area contributed by atoms with Crippen molar-refractivity contribution in [1.29, 1.82) is 0 Å². The third-order valence-electron chi connectivity index (χ3n) is 9.55. The molecule has 0 fully saturated rings. The van der Waals surface area contributed by atoms with Gasteiger partial charge in [-0.3, -0.25) is 20.0 Å². The van der Waals surface area contributed by atoms with Crippen molar-refractivity contribution in [3.05, 3.63) is 242 Å². The van der Waals surface area contributed by atoms with Crippen molar-refractivity contribution >= 4 is 82.4 Å². The fourth-order valence-corrected chi connectivity index (χ4v) is 6.09. The summed E-state index contributed by atoms with van der Waals surface area (Å²) in [6, 6.07) is 58.4. The first-order valence-electron chi connectivity index (χ1n) is 20.7. The van der Waals surface area contributed by atoms with Crippen LogP contribution in [0.25, 0.3) is 0 Å². The Bertz CT molecular complexity index is 2880. The number of phenols is 2. The lowest BCUT2D eigenvalue weighted by atomic mass is 10.1. The lowest BCUT2D eigenvalue weighted by Crippen LogP contribution is -1.82. The number of benzene rings is 8. The van der Waals surface area contributed by atoms with Gasteiger partial charge in [-0.1, -0.05) is 120 Å². The minimum absolute atomic E-state index is 0.218. The molecule has 0 saturated heterocycles. The zero-order chi connectivity index (χ0) is 47.1. The molecule has 10 heteroatoms. The number of methoxy groups -OCH3 is 1. The molecule has 0 aromatic heterocycles. The van der Waals surface area contributed by atoms with Crippen molar-refractivity contribution < 1.29 is 14.9 Å². The van der Waals surface area contributed by atoms with Gasteiger partial charge in [0.25, 0.3) is 0 Å². The molecule has 0 spiro atoms. The summed E-state index contributed by atoms with van der Waals surface area (Å²) in [5.74, 6) is 1.29. The van der Waals surface area contributed by atoms with Gasteiger partial charge in [0.05, 0.1) is 29.9 Å². The summed E-state index contributed by atoms with van der Waals surface area (Å²) in [5.41, 5.74) is 10.4. The highest BCUT2D eigenvalue weighted by molar-refractivity contribution is 6.33. The number of hydrogen-bond acceptors (Lipinski definition) is 7. The van der Waals surface area contributed by atoms with Crippen LogP contribution in [0.3, 0.4) is 0 Å². The minimum Gasteiger partial charge on any atom is -0.507 e. The van der Waals surface area contributed by atoms with E-state index in [9.17, 15) is 10.2 Å². The Balaban J connectivity index is 0.000000165. The molecule has 0 atom stereocenters. The van der Waals surface area contributed by atoms with Crippen molar-refractivity contribution in [3.8, 4) is 17.2 Å². The number of aliphatic imine (C=N–C) groups is 4. The highest BCUT2D eigenvalue weighted by atomic mass is 35.5. The van der Waals surface area contributed by atoms with E-state index in [1.54, 1.807) is 62.2 Å². The van der Waals surface area contributed by atoms with Crippen molar-refractivity contribution in [1.82, 2.24) is 0 Å². The minimum atomic E-state index is 0.218. The molecule has 8 aromatic carbocycles. The van der Waals surface area contributed by atoms with Gasteiger partial charge in [-0.05, 0) is 146 Å². The van der Waals surface area contributed by atoms with Crippen LogP contribution in [0.4, 0.5) is 22.7 Å². The van der Waals surface area contributed by atoms with Gasteiger partial charge in [0, 0.05) is 56.6 Å². The van der Waals surface area contributed by atoms with Gasteiger partial charge in [0.2, 0.25) is 0 Å². The summed E-state index contributed by atoms with van der Waals surface area (Å²) in [6.45, 7) is 6.11. The molecule has 0 aliphatic heterocycles. The third kappa shape index (κ3) is 17.0. The first kappa shape index (κ1) is 49.7. The molecule has 0 amide bonds. The van der Waals surface area contributed by atoms with E-state index in [1.165, 1.54) is 11.1 Å². The lowest BCUT2D eigenvalue weighted by molar-refractivity contribution is 0.415. The van der Waals surface area contributed by atoms with Crippen LogP contribution in [0.2, 0.25) is 15.1 Å². The number of para-hydroxylation sites is 2. The van der Waals surface area contributed by atoms with Crippen LogP contribution in [0.5, 0.6) is 17.2 Å². The molecule has 0 radical (unpaired) electrons. The molecule has 0 heterocycles. The monoisotopic (exact) mass is 930 g/mol. The normalized spacial score (nSPS) is 10.8. The van der Waals surface area contributed by atoms with E-state index >= 15 is 0 Å². The smallest absolute Gasteiger partial charge is 0.124 e. The number of aryl methyl sites for hydroxylation is 3. The van der Waals surface area contributed by atoms with Crippen LogP contribution in [0, 0.1) is 20.8 Å². The van der Waals surface area contributed by atoms with Gasteiger partial charge < -0.3 is 14.9 Å². The SMILES string of the molecule is COc1ccc(N=Cc2ccccc2Cl)cc1.Cc1ccc(Cl)cc1N=Cc1ccccc1O.Cc1ccc(N=Cc2ccccc2O)cc1C.Clc1ccc(N=Cc2ccccc2)cc1. The fourth-order valence-electron chi connectivity index (χ4n) is 5.61.